The van der Waals surface area contributed by atoms with Crippen LogP contribution in [0.25, 0.3) is 0 Å². The Balaban J connectivity index is 2.93. The van der Waals surface area contributed by atoms with Crippen LogP contribution in [-0.2, 0) is 19.4 Å². The molecule has 0 unspecified atom stereocenters. The fourth-order valence-corrected chi connectivity index (χ4v) is 3.23. The van der Waals surface area contributed by atoms with Crippen molar-refractivity contribution in [3.05, 3.63) is 0 Å². The van der Waals surface area contributed by atoms with Gasteiger partial charge in [0.05, 0.1) is 0 Å². The maximum absolute atomic E-state index is 12.2. The van der Waals surface area contributed by atoms with E-state index in [0.717, 1.165) is 6.26 Å². The molecule has 1 fully saturated rings. The second kappa shape index (κ2) is 4.66. The van der Waals surface area contributed by atoms with Crippen molar-refractivity contribution in [2.45, 2.75) is 23.8 Å². The van der Waals surface area contributed by atoms with Gasteiger partial charge in [-0.15, -0.1) is 0 Å². The predicted octanol–water partition coefficient (Wildman–Crippen LogP) is 0.0391. The first kappa shape index (κ1) is 15.7. The number of alkyl halides is 3. The van der Waals surface area contributed by atoms with Crippen molar-refractivity contribution in [2.24, 2.45) is 0 Å². The van der Waals surface area contributed by atoms with Crippen molar-refractivity contribution < 1.29 is 36.3 Å². The standard InChI is InChI=1S/C9H12F3NO5S/c1-19(17,18)8(7(15)16)2-4-13(5-3-8)6(14)9(10,11)12/h2-5H2,1H3,(H,15,16). The van der Waals surface area contributed by atoms with Crippen molar-refractivity contribution in [2.75, 3.05) is 19.3 Å². The fraction of sp³-hybridized carbons (Fsp3) is 0.778. The van der Waals surface area contributed by atoms with Crippen LogP contribution in [0.3, 0.4) is 0 Å². The molecule has 10 heteroatoms. The molecule has 0 radical (unpaired) electrons. The highest BCUT2D eigenvalue weighted by Crippen LogP contribution is 2.32. The maximum Gasteiger partial charge on any atom is 0.471 e. The summed E-state index contributed by atoms with van der Waals surface area (Å²) in [4.78, 5) is 22.5. The van der Waals surface area contributed by atoms with E-state index in [1.165, 1.54) is 0 Å². The van der Waals surface area contributed by atoms with Crippen molar-refractivity contribution >= 4 is 21.7 Å². The summed E-state index contributed by atoms with van der Waals surface area (Å²) in [5, 5.41) is 9.00. The normalized spacial score (nSPS) is 20.1. The third-order valence-corrected chi connectivity index (χ3v) is 5.20. The summed E-state index contributed by atoms with van der Waals surface area (Å²) in [7, 11) is -3.99. The molecule has 0 aromatic rings. The van der Waals surface area contributed by atoms with E-state index in [-0.39, 0.29) is 0 Å². The van der Waals surface area contributed by atoms with E-state index in [1.807, 2.05) is 0 Å². The summed E-state index contributed by atoms with van der Waals surface area (Å²) in [6.45, 7) is -1.12. The number of carbonyl (C=O) groups excluding carboxylic acids is 1. The van der Waals surface area contributed by atoms with Crippen LogP contribution >= 0.6 is 0 Å². The van der Waals surface area contributed by atoms with Crippen molar-refractivity contribution in [1.82, 2.24) is 4.90 Å². The zero-order valence-electron chi connectivity index (χ0n) is 9.90. The molecule has 0 saturated carbocycles. The zero-order valence-corrected chi connectivity index (χ0v) is 10.7. The van der Waals surface area contributed by atoms with Gasteiger partial charge in [-0.1, -0.05) is 0 Å². The highest BCUT2D eigenvalue weighted by molar-refractivity contribution is 7.92. The lowest BCUT2D eigenvalue weighted by Gasteiger charge is -2.37. The summed E-state index contributed by atoms with van der Waals surface area (Å²) < 4.78 is 57.5. The molecule has 0 atom stereocenters. The third kappa shape index (κ3) is 2.82. The molecule has 1 aliphatic rings. The molecular formula is C9H12F3NO5S. The summed E-state index contributed by atoms with van der Waals surface area (Å²) in [6.07, 6.45) is -5.43. The molecule has 1 rings (SSSR count). The van der Waals surface area contributed by atoms with Crippen LogP contribution in [0, 0.1) is 0 Å². The van der Waals surface area contributed by atoms with Crippen LogP contribution in [0.15, 0.2) is 0 Å². The van der Waals surface area contributed by atoms with Crippen LogP contribution in [0.2, 0.25) is 0 Å². The second-order valence-electron chi connectivity index (χ2n) is 4.36. The van der Waals surface area contributed by atoms with Crippen molar-refractivity contribution in [1.29, 1.82) is 0 Å². The number of hydrogen-bond donors (Lipinski definition) is 1. The van der Waals surface area contributed by atoms with E-state index in [0.29, 0.717) is 4.90 Å². The minimum atomic E-state index is -5.05. The molecule has 0 aromatic carbocycles. The van der Waals surface area contributed by atoms with Crippen molar-refractivity contribution in [3.8, 4) is 0 Å². The first-order chi connectivity index (χ1) is 8.42. The highest BCUT2D eigenvalue weighted by atomic mass is 32.2. The molecule has 1 N–H and O–H groups in total. The second-order valence-corrected chi connectivity index (χ2v) is 6.69. The number of carboxylic acids is 1. The SMILES string of the molecule is CS(=O)(=O)C1(C(=O)O)CCN(C(=O)C(F)(F)F)CC1. The highest BCUT2D eigenvalue weighted by Gasteiger charge is 2.53. The maximum atomic E-state index is 12.2. The third-order valence-electron chi connectivity index (χ3n) is 3.20. The molecule has 0 aromatic heterocycles. The number of aliphatic carboxylic acids is 1. The molecule has 1 saturated heterocycles. The summed E-state index contributed by atoms with van der Waals surface area (Å²) in [5.74, 6) is -3.69. The van der Waals surface area contributed by atoms with Gasteiger partial charge in [0, 0.05) is 19.3 Å². The minimum absolute atomic E-state index is 0.423. The average Bonchev–Trinajstić information content (AvgIpc) is 2.25. The van der Waals surface area contributed by atoms with Crippen LogP contribution in [0.1, 0.15) is 12.8 Å². The zero-order chi connectivity index (χ0) is 15.1. The molecule has 0 aliphatic carbocycles. The van der Waals surface area contributed by atoms with Gasteiger partial charge in [0.2, 0.25) is 0 Å². The number of amides is 1. The summed E-state index contributed by atoms with van der Waals surface area (Å²) in [5.41, 5.74) is 0. The van der Waals surface area contributed by atoms with Gasteiger partial charge in [0.15, 0.2) is 14.6 Å². The van der Waals surface area contributed by atoms with Crippen LogP contribution < -0.4 is 0 Å². The van der Waals surface area contributed by atoms with Gasteiger partial charge in [-0.25, -0.2) is 8.42 Å². The number of sulfone groups is 1. The first-order valence-electron chi connectivity index (χ1n) is 5.21. The Bertz CT molecular complexity index is 490. The largest absolute Gasteiger partial charge is 0.480 e. The van der Waals surface area contributed by atoms with Gasteiger partial charge in [-0.2, -0.15) is 13.2 Å². The van der Waals surface area contributed by atoms with E-state index in [4.69, 9.17) is 5.11 Å². The van der Waals surface area contributed by atoms with E-state index in [1.54, 1.807) is 0 Å². The smallest absolute Gasteiger partial charge is 0.471 e. The van der Waals surface area contributed by atoms with Crippen molar-refractivity contribution in [3.63, 3.8) is 0 Å². The van der Waals surface area contributed by atoms with Gasteiger partial charge in [-0.3, -0.25) is 9.59 Å². The molecule has 0 bridgehead atoms. The number of carbonyl (C=O) groups is 2. The molecule has 1 heterocycles. The topological polar surface area (TPSA) is 91.8 Å². The lowest BCUT2D eigenvalue weighted by Crippen LogP contribution is -2.56. The Morgan fingerprint density at radius 2 is 1.63 bits per heavy atom. The molecule has 1 amide bonds. The van der Waals surface area contributed by atoms with Crippen LogP contribution in [-0.4, -0.2) is 60.6 Å². The number of carboxylic acid groups (broad SMARTS) is 1. The Morgan fingerprint density at radius 1 is 1.21 bits per heavy atom. The van der Waals surface area contributed by atoms with E-state index >= 15 is 0 Å². The number of rotatable bonds is 2. The van der Waals surface area contributed by atoms with Gasteiger partial charge in [0.25, 0.3) is 0 Å². The number of halogens is 3. The summed E-state index contributed by atoms with van der Waals surface area (Å²) in [6, 6.07) is 0. The number of hydrogen-bond acceptors (Lipinski definition) is 4. The van der Waals surface area contributed by atoms with E-state index in [2.05, 4.69) is 0 Å². The molecule has 1 aliphatic heterocycles. The fourth-order valence-electron chi connectivity index (χ4n) is 1.99. The van der Waals surface area contributed by atoms with E-state index < -0.39 is 58.6 Å². The summed E-state index contributed by atoms with van der Waals surface area (Å²) >= 11 is 0. The van der Waals surface area contributed by atoms with Gasteiger partial charge in [0.1, 0.15) is 0 Å². The number of nitrogens with zero attached hydrogens (tertiary/aromatic N) is 1. The van der Waals surface area contributed by atoms with Gasteiger partial charge < -0.3 is 10.0 Å². The number of piperidine rings is 1. The number of likely N-dealkylation sites (tertiary alicyclic amines) is 1. The van der Waals surface area contributed by atoms with Crippen LogP contribution in [0.5, 0.6) is 0 Å². The Kier molecular flexibility index (Phi) is 3.86. The Labute approximate surface area is 107 Å². The average molecular weight is 303 g/mol. The molecule has 110 valence electrons. The predicted molar refractivity (Wildman–Crippen MR) is 57.1 cm³/mol. The molecule has 0 spiro atoms. The monoisotopic (exact) mass is 303 g/mol. The first-order valence-corrected chi connectivity index (χ1v) is 7.10. The Hall–Kier alpha value is -1.32. The lowest BCUT2D eigenvalue weighted by molar-refractivity contribution is -0.186. The van der Waals surface area contributed by atoms with Gasteiger partial charge in [-0.05, 0) is 12.8 Å². The molecule has 6 nitrogen and oxygen atoms in total. The van der Waals surface area contributed by atoms with E-state index in [9.17, 15) is 31.2 Å². The van der Waals surface area contributed by atoms with Gasteiger partial charge >= 0.3 is 18.1 Å². The molecule has 19 heavy (non-hydrogen) atoms. The lowest BCUT2D eigenvalue weighted by atomic mass is 9.95. The Morgan fingerprint density at radius 3 is 1.89 bits per heavy atom. The van der Waals surface area contributed by atoms with Crippen LogP contribution in [0.4, 0.5) is 13.2 Å². The molecular weight excluding hydrogens is 291 g/mol. The minimum Gasteiger partial charge on any atom is -0.480 e. The quantitative estimate of drug-likeness (QED) is 0.777.